The van der Waals surface area contributed by atoms with E-state index in [1.54, 1.807) is 0 Å². The van der Waals surface area contributed by atoms with Gasteiger partial charge in [-0.2, -0.15) is 0 Å². The fraction of sp³-hybridized carbons (Fsp3) is 1.00. The van der Waals surface area contributed by atoms with E-state index in [1.165, 1.54) is 64.6 Å². The van der Waals surface area contributed by atoms with E-state index in [1.807, 2.05) is 4.90 Å². The Bertz CT molecular complexity index is 272. The second-order valence-corrected chi connectivity index (χ2v) is 7.05. The lowest BCUT2D eigenvalue weighted by Crippen LogP contribution is -3.13. The van der Waals surface area contributed by atoms with Crippen LogP contribution in [0.25, 0.3) is 0 Å². The number of likely N-dealkylation sites (tertiary alicyclic amines) is 1. The van der Waals surface area contributed by atoms with Crippen molar-refractivity contribution in [1.82, 2.24) is 0 Å². The second-order valence-electron chi connectivity index (χ2n) is 5.64. The predicted octanol–water partition coefficient (Wildman–Crippen LogP) is 1.43. The third-order valence-corrected chi connectivity index (χ3v) is 3.66. The van der Waals surface area contributed by atoms with E-state index >= 15 is 0 Å². The zero-order valence-electron chi connectivity index (χ0n) is 12.8. The maximum atomic E-state index is 9.08. The highest BCUT2D eigenvalue weighted by Gasteiger charge is 2.20. The Morgan fingerprint density at radius 2 is 1.58 bits per heavy atom. The molecule has 0 aliphatic carbocycles. The molecular formula is C14H31NO3S. The molecular weight excluding hydrogens is 262 g/mol. The lowest BCUT2D eigenvalue weighted by Gasteiger charge is -2.29. The van der Waals surface area contributed by atoms with Crippen LogP contribution in [0.15, 0.2) is 0 Å². The lowest BCUT2D eigenvalue weighted by atomic mass is 9.91. The molecule has 0 aromatic carbocycles. The van der Waals surface area contributed by atoms with Crippen LogP contribution in [0, 0.1) is 5.92 Å². The molecule has 19 heavy (non-hydrogen) atoms. The normalized spacial score (nSPS) is 23.6. The first-order valence-corrected chi connectivity index (χ1v) is 9.42. The Hall–Kier alpha value is -0.130. The number of hydrogen-bond donors (Lipinski definition) is 1. The fourth-order valence-corrected chi connectivity index (χ4v) is 2.54. The van der Waals surface area contributed by atoms with Crippen molar-refractivity contribution in [2.24, 2.45) is 5.92 Å². The molecule has 0 radical (unpaired) electrons. The molecule has 0 spiro atoms. The SMILES string of the molecule is CCCCC1CC[NH+](CCCC)CC1.CS(=O)(=O)[O-]. The van der Waals surface area contributed by atoms with E-state index in [4.69, 9.17) is 13.0 Å². The zero-order chi connectivity index (χ0) is 14.7. The van der Waals surface area contributed by atoms with Crippen molar-refractivity contribution in [3.63, 3.8) is 0 Å². The molecule has 0 amide bonds. The van der Waals surface area contributed by atoms with Gasteiger partial charge >= 0.3 is 0 Å². The largest absolute Gasteiger partial charge is 0.748 e. The van der Waals surface area contributed by atoms with Crippen LogP contribution in [0.3, 0.4) is 0 Å². The highest BCUT2D eigenvalue weighted by Crippen LogP contribution is 2.16. The molecule has 0 saturated carbocycles. The second kappa shape index (κ2) is 10.6. The molecule has 4 nitrogen and oxygen atoms in total. The van der Waals surface area contributed by atoms with E-state index < -0.39 is 10.1 Å². The molecule has 1 saturated heterocycles. The van der Waals surface area contributed by atoms with E-state index in [-0.39, 0.29) is 0 Å². The van der Waals surface area contributed by atoms with E-state index in [0.717, 1.165) is 5.92 Å². The maximum absolute atomic E-state index is 9.08. The molecule has 1 rings (SSSR count). The summed E-state index contributed by atoms with van der Waals surface area (Å²) in [5.41, 5.74) is 0. The van der Waals surface area contributed by atoms with Crippen LogP contribution >= 0.6 is 0 Å². The van der Waals surface area contributed by atoms with E-state index in [9.17, 15) is 0 Å². The molecule has 5 heteroatoms. The number of hydrogen-bond acceptors (Lipinski definition) is 3. The summed E-state index contributed by atoms with van der Waals surface area (Å²) in [6.45, 7) is 8.94. The van der Waals surface area contributed by atoms with Gasteiger partial charge in [0.25, 0.3) is 0 Å². The Morgan fingerprint density at radius 3 is 2.00 bits per heavy atom. The molecule has 1 fully saturated rings. The summed E-state index contributed by atoms with van der Waals surface area (Å²) in [7, 11) is -3.92. The molecule has 0 aromatic heterocycles. The first kappa shape index (κ1) is 18.9. The lowest BCUT2D eigenvalue weighted by molar-refractivity contribution is -0.906. The number of unbranched alkanes of at least 4 members (excludes halogenated alkanes) is 2. The summed E-state index contributed by atoms with van der Waals surface area (Å²) in [5, 5.41) is 0. The van der Waals surface area contributed by atoms with Crippen molar-refractivity contribution in [1.29, 1.82) is 0 Å². The smallest absolute Gasteiger partial charge is 0.0916 e. The Labute approximate surface area is 119 Å². The highest BCUT2D eigenvalue weighted by molar-refractivity contribution is 7.84. The maximum Gasteiger partial charge on any atom is 0.0916 e. The number of piperidine rings is 1. The summed E-state index contributed by atoms with van der Waals surface area (Å²) >= 11 is 0. The topological polar surface area (TPSA) is 61.6 Å². The summed E-state index contributed by atoms with van der Waals surface area (Å²) in [6.07, 6.45) is 10.7. The van der Waals surface area contributed by atoms with Gasteiger partial charge in [-0.15, -0.1) is 0 Å². The zero-order valence-corrected chi connectivity index (χ0v) is 13.6. The third kappa shape index (κ3) is 14.1. The van der Waals surface area contributed by atoms with E-state index in [2.05, 4.69) is 13.8 Å². The molecule has 1 heterocycles. The number of quaternary nitrogens is 1. The van der Waals surface area contributed by atoms with Crippen LogP contribution in [-0.2, 0) is 10.1 Å². The summed E-state index contributed by atoms with van der Waals surface area (Å²) in [4.78, 5) is 1.87. The molecule has 0 atom stereocenters. The van der Waals surface area contributed by atoms with Gasteiger partial charge in [0.15, 0.2) is 0 Å². The van der Waals surface area contributed by atoms with Gasteiger partial charge in [-0.25, -0.2) is 8.42 Å². The molecule has 0 aromatic rings. The minimum atomic E-state index is -3.92. The van der Waals surface area contributed by atoms with Crippen LogP contribution in [0.4, 0.5) is 0 Å². The molecule has 116 valence electrons. The van der Waals surface area contributed by atoms with Crippen LogP contribution < -0.4 is 4.90 Å². The van der Waals surface area contributed by atoms with Gasteiger partial charge in [-0.3, -0.25) is 0 Å². The van der Waals surface area contributed by atoms with Gasteiger partial charge in [-0.1, -0.05) is 39.5 Å². The van der Waals surface area contributed by atoms with Crippen LogP contribution in [-0.4, -0.2) is 38.9 Å². The van der Waals surface area contributed by atoms with Crippen molar-refractivity contribution in [2.45, 2.75) is 58.8 Å². The molecule has 1 aliphatic heterocycles. The Balaban J connectivity index is 0.000000555. The predicted molar refractivity (Wildman–Crippen MR) is 78.3 cm³/mol. The summed E-state index contributed by atoms with van der Waals surface area (Å²) in [6, 6.07) is 0. The Kier molecular flexibility index (Phi) is 10.6. The minimum Gasteiger partial charge on any atom is -0.748 e. The number of rotatable bonds is 6. The molecule has 1 aliphatic rings. The first-order valence-electron chi connectivity index (χ1n) is 7.61. The van der Waals surface area contributed by atoms with Crippen molar-refractivity contribution in [3.8, 4) is 0 Å². The molecule has 0 bridgehead atoms. The Morgan fingerprint density at radius 1 is 1.11 bits per heavy atom. The average molecular weight is 293 g/mol. The minimum absolute atomic E-state index is 0.604. The third-order valence-electron chi connectivity index (χ3n) is 3.66. The first-order chi connectivity index (χ1) is 8.86. The highest BCUT2D eigenvalue weighted by atomic mass is 32.2. The van der Waals surface area contributed by atoms with E-state index in [0.29, 0.717) is 6.26 Å². The van der Waals surface area contributed by atoms with Gasteiger partial charge in [0, 0.05) is 6.26 Å². The summed E-state index contributed by atoms with van der Waals surface area (Å²) < 4.78 is 27.2. The standard InChI is InChI=1S/C13H27N.CH4O3S/c1-3-5-7-13-8-11-14(12-9-13)10-6-4-2;1-5(2,3)4/h13H,3-12H2,1-2H3;1H3,(H,2,3,4). The van der Waals surface area contributed by atoms with Crippen molar-refractivity contribution in [3.05, 3.63) is 0 Å². The molecule has 1 N–H and O–H groups in total. The van der Waals surface area contributed by atoms with Crippen LogP contribution in [0.2, 0.25) is 0 Å². The van der Waals surface area contributed by atoms with Gasteiger partial charge in [0.1, 0.15) is 0 Å². The average Bonchev–Trinajstić information content (AvgIpc) is 2.33. The van der Waals surface area contributed by atoms with Gasteiger partial charge in [-0.05, 0) is 25.2 Å². The number of nitrogens with one attached hydrogen (secondary N) is 1. The van der Waals surface area contributed by atoms with Gasteiger partial charge < -0.3 is 9.45 Å². The van der Waals surface area contributed by atoms with Crippen LogP contribution in [0.5, 0.6) is 0 Å². The van der Waals surface area contributed by atoms with Crippen molar-refractivity contribution >= 4 is 10.1 Å². The quantitative estimate of drug-likeness (QED) is 0.754. The van der Waals surface area contributed by atoms with Crippen LogP contribution in [0.1, 0.15) is 58.8 Å². The van der Waals surface area contributed by atoms with Crippen molar-refractivity contribution < 1.29 is 17.9 Å². The van der Waals surface area contributed by atoms with Gasteiger partial charge in [0.05, 0.1) is 29.8 Å². The van der Waals surface area contributed by atoms with Crippen molar-refractivity contribution in [2.75, 3.05) is 25.9 Å². The summed E-state index contributed by atoms with van der Waals surface area (Å²) in [5.74, 6) is 1.07. The fourth-order valence-electron chi connectivity index (χ4n) is 2.54. The molecule has 0 unspecified atom stereocenters. The monoisotopic (exact) mass is 293 g/mol. The van der Waals surface area contributed by atoms with Gasteiger partial charge in [0.2, 0.25) is 0 Å².